The lowest BCUT2D eigenvalue weighted by Gasteiger charge is -1.97. The van der Waals surface area contributed by atoms with Crippen LogP contribution in [0.15, 0.2) is 0 Å². The van der Waals surface area contributed by atoms with E-state index < -0.39 is 19.5 Å². The molecule has 0 saturated heterocycles. The molecule has 8 heavy (non-hydrogen) atoms. The average Bonchev–Trinajstić information content (AvgIpc) is 1.83. The van der Waals surface area contributed by atoms with Gasteiger partial charge in [-0.3, -0.25) is 0 Å². The summed E-state index contributed by atoms with van der Waals surface area (Å²) in [7, 11) is 0. The first-order valence-corrected chi connectivity index (χ1v) is 2.00. The van der Waals surface area contributed by atoms with Crippen LogP contribution >= 0.6 is 0 Å². The average molecular weight is 123 g/mol. The molecule has 0 heterocycles. The monoisotopic (exact) mass is 123 g/mol. The maximum Gasteiger partial charge on any atom is 0.417 e. The van der Waals surface area contributed by atoms with Crippen LogP contribution in [0.1, 0.15) is 0 Å². The molecule has 0 aliphatic rings. The summed E-state index contributed by atoms with van der Waals surface area (Å²) >= 11 is 0. The summed E-state index contributed by atoms with van der Waals surface area (Å²) in [4.78, 5) is 9.19. The van der Waals surface area contributed by atoms with Crippen LogP contribution < -0.4 is 0 Å². The molecule has 0 bridgehead atoms. The fraction of sp³-hybridized carbons (Fsp3) is 0.750. The van der Waals surface area contributed by atoms with Crippen LogP contribution in [0.3, 0.4) is 0 Å². The van der Waals surface area contributed by atoms with E-state index >= 15 is 0 Å². The maximum absolute atomic E-state index is 11.6. The second-order valence-corrected chi connectivity index (χ2v) is 1.15. The van der Waals surface area contributed by atoms with Gasteiger partial charge in [0.05, 0.1) is 0 Å². The van der Waals surface area contributed by atoms with Crippen molar-refractivity contribution in [2.24, 2.45) is 0 Å². The van der Waals surface area contributed by atoms with E-state index in [-0.39, 0.29) is 0 Å². The van der Waals surface area contributed by atoms with E-state index in [0.29, 0.717) is 0 Å². The molecule has 47 valence electrons. The minimum Gasteiger partial charge on any atom is -0.454 e. The number of ether oxygens (including phenoxy) is 1. The van der Waals surface area contributed by atoms with Crippen molar-refractivity contribution >= 4 is 6.47 Å². The van der Waals surface area contributed by atoms with Crippen molar-refractivity contribution in [3.05, 3.63) is 0 Å². The Morgan fingerprint density at radius 3 is 2.75 bits per heavy atom. The molecule has 0 rings (SSSR count). The van der Waals surface area contributed by atoms with Gasteiger partial charge in [-0.15, -0.1) is 0 Å². The van der Waals surface area contributed by atoms with E-state index in [1.807, 2.05) is 0 Å². The second-order valence-electron chi connectivity index (χ2n) is 1.15. The summed E-state index contributed by atoms with van der Waals surface area (Å²) in [5.74, 6) is 0. The van der Waals surface area contributed by atoms with E-state index in [4.69, 9.17) is 0 Å². The molecule has 1 radical (unpaired) electrons. The molecule has 1 atom stereocenters. The van der Waals surface area contributed by atoms with Crippen LogP contribution in [0.5, 0.6) is 0 Å². The molecular formula is C4H5F2O2. The Kier molecular flexibility index (Phi) is 4.11. The van der Waals surface area contributed by atoms with Crippen molar-refractivity contribution in [1.29, 1.82) is 0 Å². The summed E-state index contributed by atoms with van der Waals surface area (Å²) in [6.45, 7) is -0.689. The third-order valence-electron chi connectivity index (χ3n) is 0.491. The molecule has 4 heteroatoms. The molecule has 0 fully saturated rings. The van der Waals surface area contributed by atoms with Gasteiger partial charge in [0.25, 0.3) is 0 Å². The van der Waals surface area contributed by atoms with Gasteiger partial charge < -0.3 is 4.74 Å². The highest BCUT2D eigenvalue weighted by Gasteiger charge is 2.03. The molecule has 2 nitrogen and oxygen atoms in total. The number of hydrogen-bond donors (Lipinski definition) is 0. The fourth-order valence-electron chi connectivity index (χ4n) is 0.169. The Balaban J connectivity index is 2.97. The lowest BCUT2D eigenvalue weighted by molar-refractivity contribution is 0.153. The molecule has 0 saturated carbocycles. The highest BCUT2D eigenvalue weighted by atomic mass is 19.2. The predicted molar refractivity (Wildman–Crippen MR) is 22.5 cm³/mol. The van der Waals surface area contributed by atoms with Gasteiger partial charge in [-0.1, -0.05) is 0 Å². The Bertz CT molecular complexity index is 67.1. The van der Waals surface area contributed by atoms with Crippen LogP contribution in [0.4, 0.5) is 8.78 Å². The van der Waals surface area contributed by atoms with Gasteiger partial charge in [0, 0.05) is 0 Å². The van der Waals surface area contributed by atoms with Crippen LogP contribution in [-0.4, -0.2) is 25.9 Å². The lowest BCUT2D eigenvalue weighted by atomic mass is 10.5. The van der Waals surface area contributed by atoms with Crippen molar-refractivity contribution < 1.29 is 18.3 Å². The SMILES string of the molecule is O=[C]OCC(F)CF. The molecule has 0 N–H and O–H groups in total. The van der Waals surface area contributed by atoms with Gasteiger partial charge in [0.2, 0.25) is 0 Å². The predicted octanol–water partition coefficient (Wildman–Crippen LogP) is 0.378. The summed E-state index contributed by atoms with van der Waals surface area (Å²) < 4.78 is 26.5. The molecule has 0 aliphatic carbocycles. The zero-order valence-corrected chi connectivity index (χ0v) is 4.06. The van der Waals surface area contributed by atoms with Crippen LogP contribution in [-0.2, 0) is 9.53 Å². The van der Waals surface area contributed by atoms with Crippen molar-refractivity contribution in [1.82, 2.24) is 0 Å². The smallest absolute Gasteiger partial charge is 0.417 e. The summed E-state index contributed by atoms with van der Waals surface area (Å²) in [6, 6.07) is 0. The Morgan fingerprint density at radius 1 is 1.75 bits per heavy atom. The quantitative estimate of drug-likeness (QED) is 0.540. The van der Waals surface area contributed by atoms with Crippen molar-refractivity contribution in [3.63, 3.8) is 0 Å². The number of hydrogen-bond acceptors (Lipinski definition) is 2. The van der Waals surface area contributed by atoms with Crippen LogP contribution in [0.25, 0.3) is 0 Å². The summed E-state index contributed by atoms with van der Waals surface area (Å²) in [5.41, 5.74) is 0. The highest BCUT2D eigenvalue weighted by molar-refractivity contribution is 5.38. The normalized spacial score (nSPS) is 12.8. The first-order chi connectivity index (χ1) is 3.81. The molecule has 0 aromatic carbocycles. The second kappa shape index (κ2) is 4.49. The molecule has 0 spiro atoms. The van der Waals surface area contributed by atoms with E-state index in [1.165, 1.54) is 0 Å². The number of alkyl halides is 2. The summed E-state index contributed by atoms with van der Waals surface area (Å²) in [5, 5.41) is 0. The standard InChI is InChI=1S/C4H5F2O2/c5-1-4(6)2-8-3-7/h4H,1-2H2. The molecule has 0 aromatic rings. The highest BCUT2D eigenvalue weighted by Crippen LogP contribution is 1.90. The number of rotatable bonds is 4. The van der Waals surface area contributed by atoms with Gasteiger partial charge in [-0.25, -0.2) is 13.6 Å². The third kappa shape index (κ3) is 3.52. The van der Waals surface area contributed by atoms with E-state index in [2.05, 4.69) is 4.74 Å². The largest absolute Gasteiger partial charge is 0.454 e. The Hall–Kier alpha value is -0.670. The van der Waals surface area contributed by atoms with Gasteiger partial charge in [0.1, 0.15) is 13.3 Å². The molecular weight excluding hydrogens is 118 g/mol. The maximum atomic E-state index is 11.6. The number of halogens is 2. The Morgan fingerprint density at radius 2 is 2.38 bits per heavy atom. The van der Waals surface area contributed by atoms with E-state index in [0.717, 1.165) is 6.47 Å². The minimum absolute atomic E-state index is 0.542. The van der Waals surface area contributed by atoms with Crippen molar-refractivity contribution in [2.45, 2.75) is 6.17 Å². The minimum atomic E-state index is -1.70. The fourth-order valence-corrected chi connectivity index (χ4v) is 0.169. The molecule has 0 amide bonds. The summed E-state index contributed by atoms with van der Waals surface area (Å²) in [6.07, 6.45) is -1.70. The zero-order valence-electron chi connectivity index (χ0n) is 4.06. The molecule has 0 aliphatic heterocycles. The van der Waals surface area contributed by atoms with Gasteiger partial charge in [-0.2, -0.15) is 0 Å². The molecule has 1 unspecified atom stereocenters. The van der Waals surface area contributed by atoms with E-state index in [1.54, 1.807) is 0 Å². The van der Waals surface area contributed by atoms with Gasteiger partial charge >= 0.3 is 6.47 Å². The van der Waals surface area contributed by atoms with Gasteiger partial charge in [0.15, 0.2) is 6.17 Å². The zero-order chi connectivity index (χ0) is 6.41. The first kappa shape index (κ1) is 7.33. The van der Waals surface area contributed by atoms with Crippen LogP contribution in [0.2, 0.25) is 0 Å². The van der Waals surface area contributed by atoms with Crippen LogP contribution in [0, 0.1) is 0 Å². The van der Waals surface area contributed by atoms with E-state index in [9.17, 15) is 13.6 Å². The number of carbonyl (C=O) groups excluding carboxylic acids is 1. The first-order valence-electron chi connectivity index (χ1n) is 2.00. The lowest BCUT2D eigenvalue weighted by Crippen LogP contribution is -2.10. The molecule has 0 aromatic heterocycles. The van der Waals surface area contributed by atoms with Crippen molar-refractivity contribution in [3.8, 4) is 0 Å². The van der Waals surface area contributed by atoms with Gasteiger partial charge in [-0.05, 0) is 0 Å². The Labute approximate surface area is 45.4 Å². The van der Waals surface area contributed by atoms with Crippen molar-refractivity contribution in [2.75, 3.05) is 13.3 Å². The topological polar surface area (TPSA) is 26.3 Å². The third-order valence-corrected chi connectivity index (χ3v) is 0.491.